The lowest BCUT2D eigenvalue weighted by Crippen LogP contribution is -2.26. The van der Waals surface area contributed by atoms with E-state index in [0.717, 1.165) is 5.56 Å². The fourth-order valence-corrected chi connectivity index (χ4v) is 2.36. The van der Waals surface area contributed by atoms with Gasteiger partial charge in [0.1, 0.15) is 0 Å². The Morgan fingerprint density at radius 1 is 1.17 bits per heavy atom. The monoisotopic (exact) mass is 346 g/mol. The van der Waals surface area contributed by atoms with Crippen LogP contribution in [0.4, 0.5) is 10.5 Å². The molecule has 1 atom stereocenters. The molecular formula is C18H19ClN2O3. The first-order chi connectivity index (χ1) is 11.5. The highest BCUT2D eigenvalue weighted by Gasteiger charge is 2.13. The molecule has 24 heavy (non-hydrogen) atoms. The summed E-state index contributed by atoms with van der Waals surface area (Å²) in [5, 5.41) is 6.10. The van der Waals surface area contributed by atoms with Gasteiger partial charge in [-0.15, -0.1) is 0 Å². The molecule has 0 fully saturated rings. The smallest absolute Gasteiger partial charge is 0.411 e. The molecule has 0 spiro atoms. The maximum Gasteiger partial charge on any atom is 0.411 e. The average molecular weight is 347 g/mol. The molecule has 0 radical (unpaired) electrons. The maximum absolute atomic E-state index is 12.4. The van der Waals surface area contributed by atoms with Gasteiger partial charge < -0.3 is 10.1 Å². The minimum Gasteiger partial charge on any atom is -0.450 e. The molecule has 2 amide bonds. The predicted octanol–water partition coefficient (Wildman–Crippen LogP) is 4.40. The first-order valence-corrected chi connectivity index (χ1v) is 7.97. The normalized spacial score (nSPS) is 11.5. The second-order valence-electron chi connectivity index (χ2n) is 5.18. The number of carbonyl (C=O) groups is 2. The topological polar surface area (TPSA) is 67.4 Å². The Kier molecular flexibility index (Phi) is 6.21. The highest BCUT2D eigenvalue weighted by Crippen LogP contribution is 2.18. The van der Waals surface area contributed by atoms with Gasteiger partial charge in [-0.1, -0.05) is 29.8 Å². The van der Waals surface area contributed by atoms with Crippen molar-refractivity contribution in [2.24, 2.45) is 0 Å². The molecule has 0 unspecified atom stereocenters. The molecule has 0 aliphatic heterocycles. The first-order valence-electron chi connectivity index (χ1n) is 7.59. The van der Waals surface area contributed by atoms with Crippen molar-refractivity contribution in [3.63, 3.8) is 0 Å². The minimum atomic E-state index is -0.553. The molecule has 2 N–H and O–H groups in total. The Labute approximate surface area is 146 Å². The van der Waals surface area contributed by atoms with Gasteiger partial charge in [0, 0.05) is 16.3 Å². The lowest BCUT2D eigenvalue weighted by Gasteiger charge is -2.15. The van der Waals surface area contributed by atoms with Crippen molar-refractivity contribution in [2.75, 3.05) is 11.9 Å². The van der Waals surface area contributed by atoms with Crippen LogP contribution in [0.1, 0.15) is 35.8 Å². The van der Waals surface area contributed by atoms with E-state index in [0.29, 0.717) is 16.3 Å². The summed E-state index contributed by atoms with van der Waals surface area (Å²) in [6, 6.07) is 13.8. The summed E-state index contributed by atoms with van der Waals surface area (Å²) in [4.78, 5) is 23.8. The highest BCUT2D eigenvalue weighted by molar-refractivity contribution is 6.30. The molecule has 0 heterocycles. The lowest BCUT2D eigenvalue weighted by molar-refractivity contribution is 0.0939. The third kappa shape index (κ3) is 4.99. The zero-order chi connectivity index (χ0) is 17.5. The van der Waals surface area contributed by atoms with Crippen molar-refractivity contribution >= 4 is 29.3 Å². The Morgan fingerprint density at radius 3 is 2.62 bits per heavy atom. The standard InChI is InChI=1S/C18H19ClN2O3/c1-3-24-18(23)21-16-9-5-7-14(11-16)17(22)20-12(2)13-6-4-8-15(19)10-13/h4-12H,3H2,1-2H3,(H,20,22)(H,21,23)/t12-/m0/s1. The van der Waals surface area contributed by atoms with E-state index >= 15 is 0 Å². The number of ether oxygens (including phenoxy) is 1. The molecule has 6 heteroatoms. The van der Waals surface area contributed by atoms with Crippen LogP contribution in [0.3, 0.4) is 0 Å². The van der Waals surface area contributed by atoms with Gasteiger partial charge in [-0.05, 0) is 49.7 Å². The molecule has 0 saturated heterocycles. The van der Waals surface area contributed by atoms with Crippen LogP contribution in [-0.2, 0) is 4.74 Å². The zero-order valence-corrected chi connectivity index (χ0v) is 14.3. The summed E-state index contributed by atoms with van der Waals surface area (Å²) < 4.78 is 4.82. The molecule has 0 aliphatic rings. The molecular weight excluding hydrogens is 328 g/mol. The zero-order valence-electron chi connectivity index (χ0n) is 13.5. The maximum atomic E-state index is 12.4. The number of rotatable bonds is 5. The predicted molar refractivity (Wildman–Crippen MR) is 94.4 cm³/mol. The second-order valence-corrected chi connectivity index (χ2v) is 5.61. The Morgan fingerprint density at radius 2 is 1.92 bits per heavy atom. The van der Waals surface area contributed by atoms with Crippen LogP contribution in [0.15, 0.2) is 48.5 Å². The number of anilines is 1. The molecule has 2 aromatic rings. The number of halogens is 1. The van der Waals surface area contributed by atoms with E-state index in [9.17, 15) is 9.59 Å². The van der Waals surface area contributed by atoms with Gasteiger partial charge in [0.25, 0.3) is 5.91 Å². The van der Waals surface area contributed by atoms with Crippen LogP contribution in [0, 0.1) is 0 Å². The van der Waals surface area contributed by atoms with E-state index < -0.39 is 6.09 Å². The third-order valence-electron chi connectivity index (χ3n) is 3.34. The number of carbonyl (C=O) groups excluding carboxylic acids is 2. The third-order valence-corrected chi connectivity index (χ3v) is 3.58. The summed E-state index contributed by atoms with van der Waals surface area (Å²) in [6.07, 6.45) is -0.553. The van der Waals surface area contributed by atoms with Crippen LogP contribution in [0.25, 0.3) is 0 Å². The Balaban J connectivity index is 2.05. The SMILES string of the molecule is CCOC(=O)Nc1cccc(C(=O)N[C@@H](C)c2cccc(Cl)c2)c1. The summed E-state index contributed by atoms with van der Waals surface area (Å²) in [5.74, 6) is -0.241. The van der Waals surface area contributed by atoms with Gasteiger partial charge in [0.2, 0.25) is 0 Å². The highest BCUT2D eigenvalue weighted by atomic mass is 35.5. The van der Waals surface area contributed by atoms with Crippen LogP contribution in [0.5, 0.6) is 0 Å². The molecule has 0 bridgehead atoms. The van der Waals surface area contributed by atoms with Gasteiger partial charge in [0.05, 0.1) is 12.6 Å². The number of hydrogen-bond donors (Lipinski definition) is 2. The molecule has 2 rings (SSSR count). The van der Waals surface area contributed by atoms with E-state index in [1.165, 1.54) is 0 Å². The van der Waals surface area contributed by atoms with E-state index in [4.69, 9.17) is 16.3 Å². The van der Waals surface area contributed by atoms with E-state index in [2.05, 4.69) is 10.6 Å². The fraction of sp³-hybridized carbons (Fsp3) is 0.222. The van der Waals surface area contributed by atoms with Gasteiger partial charge in [-0.2, -0.15) is 0 Å². The first kappa shape index (κ1) is 17.8. The van der Waals surface area contributed by atoms with Crippen molar-refractivity contribution in [2.45, 2.75) is 19.9 Å². The molecule has 0 aromatic heterocycles. The summed E-state index contributed by atoms with van der Waals surface area (Å²) in [5.41, 5.74) is 1.85. The molecule has 126 valence electrons. The minimum absolute atomic E-state index is 0.196. The van der Waals surface area contributed by atoms with Crippen molar-refractivity contribution in [1.82, 2.24) is 5.32 Å². The number of amides is 2. The van der Waals surface area contributed by atoms with E-state index in [-0.39, 0.29) is 18.6 Å². The van der Waals surface area contributed by atoms with Gasteiger partial charge >= 0.3 is 6.09 Å². The molecule has 0 saturated carbocycles. The summed E-state index contributed by atoms with van der Waals surface area (Å²) in [7, 11) is 0. The Hall–Kier alpha value is -2.53. The fourth-order valence-electron chi connectivity index (χ4n) is 2.16. The largest absolute Gasteiger partial charge is 0.450 e. The average Bonchev–Trinajstić information content (AvgIpc) is 2.55. The van der Waals surface area contributed by atoms with E-state index in [1.54, 1.807) is 37.3 Å². The number of hydrogen-bond acceptors (Lipinski definition) is 3. The van der Waals surface area contributed by atoms with Crippen LogP contribution >= 0.6 is 11.6 Å². The number of nitrogens with one attached hydrogen (secondary N) is 2. The molecule has 2 aromatic carbocycles. The van der Waals surface area contributed by atoms with Gasteiger partial charge in [-0.3, -0.25) is 10.1 Å². The van der Waals surface area contributed by atoms with Crippen LogP contribution in [0.2, 0.25) is 5.02 Å². The van der Waals surface area contributed by atoms with Crippen molar-refractivity contribution in [1.29, 1.82) is 0 Å². The molecule has 5 nitrogen and oxygen atoms in total. The number of benzene rings is 2. The van der Waals surface area contributed by atoms with E-state index in [1.807, 2.05) is 25.1 Å². The van der Waals surface area contributed by atoms with Crippen LogP contribution in [-0.4, -0.2) is 18.6 Å². The van der Waals surface area contributed by atoms with Crippen molar-refractivity contribution in [3.05, 3.63) is 64.7 Å². The van der Waals surface area contributed by atoms with Gasteiger partial charge in [-0.25, -0.2) is 4.79 Å². The molecule has 0 aliphatic carbocycles. The summed E-state index contributed by atoms with van der Waals surface area (Å²) in [6.45, 7) is 3.88. The summed E-state index contributed by atoms with van der Waals surface area (Å²) >= 11 is 5.97. The van der Waals surface area contributed by atoms with Gasteiger partial charge in [0.15, 0.2) is 0 Å². The van der Waals surface area contributed by atoms with Crippen LogP contribution < -0.4 is 10.6 Å². The van der Waals surface area contributed by atoms with Crippen molar-refractivity contribution in [3.8, 4) is 0 Å². The Bertz CT molecular complexity index is 734. The second kappa shape index (κ2) is 8.36. The van der Waals surface area contributed by atoms with Crippen molar-refractivity contribution < 1.29 is 14.3 Å². The quantitative estimate of drug-likeness (QED) is 0.843. The lowest BCUT2D eigenvalue weighted by atomic mass is 10.1.